The van der Waals surface area contributed by atoms with Gasteiger partial charge in [-0.05, 0) is 35.9 Å². The van der Waals surface area contributed by atoms with Crippen LogP contribution in [-0.2, 0) is 0 Å². The maximum absolute atomic E-state index is 13.8. The highest BCUT2D eigenvalue weighted by Gasteiger charge is 2.13. The zero-order valence-corrected chi connectivity index (χ0v) is 15.7. The molecule has 0 fully saturated rings. The van der Waals surface area contributed by atoms with Gasteiger partial charge in [0, 0.05) is 10.6 Å². The maximum atomic E-state index is 13.8. The first kappa shape index (κ1) is 18.8. The second kappa shape index (κ2) is 8.24. The molecular formula is C22H14ClF2N3O. The van der Waals surface area contributed by atoms with Gasteiger partial charge in [0.05, 0.1) is 29.2 Å². The normalized spacial score (nSPS) is 11.1. The molecule has 3 aromatic carbocycles. The fraction of sp³-hybridized carbons (Fsp3) is 0. The van der Waals surface area contributed by atoms with E-state index in [9.17, 15) is 8.78 Å². The quantitative estimate of drug-likeness (QED) is 0.307. The monoisotopic (exact) mass is 409 g/mol. The summed E-state index contributed by atoms with van der Waals surface area (Å²) in [6.45, 7) is 0. The average molecular weight is 410 g/mol. The molecule has 29 heavy (non-hydrogen) atoms. The van der Waals surface area contributed by atoms with Crippen LogP contribution in [0.3, 0.4) is 0 Å². The smallest absolute Gasteiger partial charge is 0.228 e. The summed E-state index contributed by atoms with van der Waals surface area (Å²) < 4.78 is 32.9. The van der Waals surface area contributed by atoms with E-state index in [2.05, 4.69) is 15.5 Å². The molecule has 4 aromatic rings. The average Bonchev–Trinajstić information content (AvgIpc) is 3.25. The fourth-order valence-corrected chi connectivity index (χ4v) is 3.08. The molecule has 144 valence electrons. The summed E-state index contributed by atoms with van der Waals surface area (Å²) in [4.78, 5) is 4.19. The predicted octanol–water partition coefficient (Wildman–Crippen LogP) is 6.39. The molecule has 0 atom stereocenters. The highest BCUT2D eigenvalue weighted by atomic mass is 35.5. The summed E-state index contributed by atoms with van der Waals surface area (Å²) in [5.74, 6) is -1.02. The van der Waals surface area contributed by atoms with Gasteiger partial charge in [-0.3, -0.25) is 5.43 Å². The Hall–Kier alpha value is -3.51. The van der Waals surface area contributed by atoms with Crippen molar-refractivity contribution in [3.63, 3.8) is 0 Å². The number of oxazole rings is 1. The van der Waals surface area contributed by atoms with Crippen molar-refractivity contribution in [3.8, 4) is 22.6 Å². The van der Waals surface area contributed by atoms with Crippen LogP contribution in [0.15, 0.2) is 82.6 Å². The van der Waals surface area contributed by atoms with Crippen LogP contribution in [0.2, 0.25) is 5.02 Å². The Morgan fingerprint density at radius 3 is 2.48 bits per heavy atom. The van der Waals surface area contributed by atoms with Crippen molar-refractivity contribution in [1.82, 2.24) is 4.98 Å². The molecule has 0 unspecified atom stereocenters. The van der Waals surface area contributed by atoms with E-state index in [1.165, 1.54) is 30.7 Å². The van der Waals surface area contributed by atoms with Crippen LogP contribution in [-0.4, -0.2) is 11.2 Å². The minimum atomic E-state index is -0.697. The van der Waals surface area contributed by atoms with Gasteiger partial charge in [-0.2, -0.15) is 5.10 Å². The van der Waals surface area contributed by atoms with Gasteiger partial charge >= 0.3 is 0 Å². The summed E-state index contributed by atoms with van der Waals surface area (Å²) in [5.41, 5.74) is 5.46. The van der Waals surface area contributed by atoms with Crippen molar-refractivity contribution in [3.05, 3.63) is 95.3 Å². The Morgan fingerprint density at radius 1 is 0.966 bits per heavy atom. The second-order valence-electron chi connectivity index (χ2n) is 6.08. The van der Waals surface area contributed by atoms with Crippen molar-refractivity contribution in [2.24, 2.45) is 5.10 Å². The Bertz CT molecular complexity index is 1160. The fourth-order valence-electron chi connectivity index (χ4n) is 2.84. The number of nitrogens with zero attached hydrogens (tertiary/aromatic N) is 2. The van der Waals surface area contributed by atoms with Crippen LogP contribution in [0, 0.1) is 11.6 Å². The van der Waals surface area contributed by atoms with E-state index in [1.54, 1.807) is 12.1 Å². The molecule has 7 heteroatoms. The van der Waals surface area contributed by atoms with E-state index in [-0.39, 0.29) is 5.56 Å². The van der Waals surface area contributed by atoms with Crippen LogP contribution in [0.5, 0.6) is 0 Å². The molecule has 4 nitrogen and oxygen atoms in total. The lowest BCUT2D eigenvalue weighted by molar-refractivity contribution is 0.574. The Balaban J connectivity index is 1.70. The lowest BCUT2D eigenvalue weighted by Crippen LogP contribution is -1.98. The first-order chi connectivity index (χ1) is 14.1. The van der Waals surface area contributed by atoms with Gasteiger partial charge in [0.25, 0.3) is 0 Å². The number of aromatic nitrogens is 1. The molecule has 0 saturated carbocycles. The first-order valence-electron chi connectivity index (χ1n) is 8.65. The van der Waals surface area contributed by atoms with E-state index in [0.29, 0.717) is 22.2 Å². The van der Waals surface area contributed by atoms with Gasteiger partial charge in [0.15, 0.2) is 0 Å². The minimum Gasteiger partial charge on any atom is -0.444 e. The lowest BCUT2D eigenvalue weighted by Gasteiger charge is -2.10. The van der Waals surface area contributed by atoms with Gasteiger partial charge in [0.2, 0.25) is 5.89 Å². The zero-order chi connectivity index (χ0) is 20.2. The molecule has 0 aliphatic rings. The first-order valence-corrected chi connectivity index (χ1v) is 9.03. The van der Waals surface area contributed by atoms with E-state index in [1.807, 2.05) is 30.3 Å². The number of halogens is 3. The van der Waals surface area contributed by atoms with Crippen LogP contribution < -0.4 is 5.43 Å². The summed E-state index contributed by atoms with van der Waals surface area (Å²) in [6.07, 6.45) is 4.07. The van der Waals surface area contributed by atoms with Crippen molar-refractivity contribution in [2.45, 2.75) is 0 Å². The lowest BCUT2D eigenvalue weighted by atomic mass is 10.0. The van der Waals surface area contributed by atoms with Crippen LogP contribution >= 0.6 is 11.6 Å². The second-order valence-corrected chi connectivity index (χ2v) is 6.49. The Labute approximate surface area is 170 Å². The summed E-state index contributed by atoms with van der Waals surface area (Å²) >= 11 is 6.31. The number of nitrogens with one attached hydrogen (secondary N) is 1. The number of hydrogen-bond acceptors (Lipinski definition) is 4. The van der Waals surface area contributed by atoms with Crippen molar-refractivity contribution >= 4 is 23.5 Å². The predicted molar refractivity (Wildman–Crippen MR) is 110 cm³/mol. The standard InChI is InChI=1S/C22H14ClF2N3O/c23-18-5-2-1-4-15(18)14-8-9-21(16(12-14)22-26-10-11-29-22)28-27-13-17-19(24)6-3-7-20(17)25/h1-13,28H/b27-13+. The van der Waals surface area contributed by atoms with E-state index in [4.69, 9.17) is 16.0 Å². The highest BCUT2D eigenvalue weighted by molar-refractivity contribution is 6.33. The zero-order valence-electron chi connectivity index (χ0n) is 14.9. The summed E-state index contributed by atoms with van der Waals surface area (Å²) in [7, 11) is 0. The van der Waals surface area contributed by atoms with Gasteiger partial charge in [-0.25, -0.2) is 13.8 Å². The van der Waals surface area contributed by atoms with Crippen molar-refractivity contribution in [2.75, 3.05) is 5.43 Å². The van der Waals surface area contributed by atoms with Crippen LogP contribution in [0.4, 0.5) is 14.5 Å². The van der Waals surface area contributed by atoms with Gasteiger partial charge in [0.1, 0.15) is 17.9 Å². The molecular weight excluding hydrogens is 396 g/mol. The Morgan fingerprint density at radius 2 is 1.76 bits per heavy atom. The molecule has 0 saturated heterocycles. The largest absolute Gasteiger partial charge is 0.444 e. The number of anilines is 1. The molecule has 0 spiro atoms. The third-order valence-corrected chi connectivity index (χ3v) is 4.58. The third-order valence-electron chi connectivity index (χ3n) is 4.25. The molecule has 0 aliphatic heterocycles. The van der Waals surface area contributed by atoms with Crippen LogP contribution in [0.1, 0.15) is 5.56 Å². The van der Waals surface area contributed by atoms with Gasteiger partial charge < -0.3 is 4.42 Å². The number of benzene rings is 3. The van der Waals surface area contributed by atoms with E-state index in [0.717, 1.165) is 17.3 Å². The summed E-state index contributed by atoms with van der Waals surface area (Å²) in [5, 5.41) is 4.58. The number of hydrazone groups is 1. The molecule has 0 radical (unpaired) electrons. The van der Waals surface area contributed by atoms with Crippen LogP contribution in [0.25, 0.3) is 22.6 Å². The van der Waals surface area contributed by atoms with Crippen molar-refractivity contribution in [1.29, 1.82) is 0 Å². The van der Waals surface area contributed by atoms with Gasteiger partial charge in [-0.1, -0.05) is 41.9 Å². The maximum Gasteiger partial charge on any atom is 0.228 e. The molecule has 0 bridgehead atoms. The molecule has 0 aliphatic carbocycles. The van der Waals surface area contributed by atoms with E-state index < -0.39 is 11.6 Å². The Kier molecular flexibility index (Phi) is 5.35. The summed E-state index contributed by atoms with van der Waals surface area (Å²) in [6, 6.07) is 16.6. The molecule has 1 aromatic heterocycles. The van der Waals surface area contributed by atoms with E-state index >= 15 is 0 Å². The highest BCUT2D eigenvalue weighted by Crippen LogP contribution is 2.34. The van der Waals surface area contributed by atoms with Crippen molar-refractivity contribution < 1.29 is 13.2 Å². The third kappa shape index (κ3) is 4.02. The molecule has 1 N–H and O–H groups in total. The molecule has 1 heterocycles. The minimum absolute atomic E-state index is 0.231. The number of hydrogen-bond donors (Lipinski definition) is 1. The van der Waals surface area contributed by atoms with Gasteiger partial charge in [-0.15, -0.1) is 0 Å². The topological polar surface area (TPSA) is 50.4 Å². The SMILES string of the molecule is Fc1cccc(F)c1/C=N/Nc1ccc(-c2ccccc2Cl)cc1-c1ncco1. The number of rotatable bonds is 5. The molecule has 0 amide bonds. The molecule has 4 rings (SSSR count).